The van der Waals surface area contributed by atoms with Crippen LogP contribution >= 0.6 is 0 Å². The van der Waals surface area contributed by atoms with E-state index in [1.54, 1.807) is 0 Å². The van der Waals surface area contributed by atoms with Gasteiger partial charge in [0.2, 0.25) is 0 Å². The van der Waals surface area contributed by atoms with E-state index in [2.05, 4.69) is 0 Å². The second kappa shape index (κ2) is 4.90. The molecular formula is C13H19NO3S. The Balaban J connectivity index is 2.41. The van der Waals surface area contributed by atoms with Crippen LogP contribution in [-0.4, -0.2) is 33.6 Å². The summed E-state index contributed by atoms with van der Waals surface area (Å²) in [5, 5.41) is 0. The first-order valence-electron chi connectivity index (χ1n) is 6.03. The summed E-state index contributed by atoms with van der Waals surface area (Å²) in [6, 6.07) is 7.55. The van der Waals surface area contributed by atoms with Gasteiger partial charge >= 0.3 is 0 Å². The molecule has 1 aromatic carbocycles. The number of anilines is 1. The minimum absolute atomic E-state index is 0.160. The van der Waals surface area contributed by atoms with Crippen molar-refractivity contribution in [3.8, 4) is 0 Å². The highest BCUT2D eigenvalue weighted by Crippen LogP contribution is 2.36. The maximum atomic E-state index is 11.7. The van der Waals surface area contributed by atoms with Gasteiger partial charge in [0, 0.05) is 30.6 Å². The molecule has 0 spiro atoms. The van der Waals surface area contributed by atoms with Crippen LogP contribution in [0.5, 0.6) is 0 Å². The lowest BCUT2D eigenvalue weighted by Gasteiger charge is -2.37. The highest BCUT2D eigenvalue weighted by Gasteiger charge is 2.37. The molecule has 18 heavy (non-hydrogen) atoms. The molecule has 2 N–H and O–H groups in total. The first-order chi connectivity index (χ1) is 8.41. The maximum Gasteiger partial charge on any atom is 0.148 e. The van der Waals surface area contributed by atoms with Gasteiger partial charge in [-0.25, -0.2) is 8.42 Å². The topological polar surface area (TPSA) is 69.4 Å². The number of rotatable bonds is 3. The molecule has 100 valence electrons. The van der Waals surface area contributed by atoms with Crippen molar-refractivity contribution in [3.05, 3.63) is 29.8 Å². The Kier molecular flexibility index (Phi) is 3.64. The molecule has 1 aromatic rings. The van der Waals surface area contributed by atoms with Crippen molar-refractivity contribution in [3.63, 3.8) is 0 Å². The van der Waals surface area contributed by atoms with Crippen molar-refractivity contribution >= 4 is 15.5 Å². The number of sulfone groups is 1. The molecule has 0 bridgehead atoms. The Bertz CT molecular complexity index is 519. The van der Waals surface area contributed by atoms with Crippen LogP contribution in [0.15, 0.2) is 24.3 Å². The van der Waals surface area contributed by atoms with Crippen LogP contribution in [-0.2, 0) is 20.0 Å². The van der Waals surface area contributed by atoms with E-state index in [0.29, 0.717) is 18.9 Å². The monoisotopic (exact) mass is 269 g/mol. The van der Waals surface area contributed by atoms with Gasteiger partial charge in [0.25, 0.3) is 0 Å². The summed E-state index contributed by atoms with van der Waals surface area (Å²) in [5.74, 6) is 0.160. The van der Waals surface area contributed by atoms with Gasteiger partial charge in [-0.1, -0.05) is 12.1 Å². The van der Waals surface area contributed by atoms with Gasteiger partial charge in [0.15, 0.2) is 0 Å². The van der Waals surface area contributed by atoms with Crippen LogP contribution in [0.2, 0.25) is 0 Å². The van der Waals surface area contributed by atoms with Crippen LogP contribution in [0, 0.1) is 0 Å². The minimum atomic E-state index is -3.04. The molecule has 4 nitrogen and oxygen atoms in total. The fraction of sp³-hybridized carbons (Fsp3) is 0.538. The zero-order chi connectivity index (χ0) is 13.2. The zero-order valence-corrected chi connectivity index (χ0v) is 11.4. The van der Waals surface area contributed by atoms with Gasteiger partial charge in [-0.2, -0.15) is 0 Å². The van der Waals surface area contributed by atoms with Crippen molar-refractivity contribution < 1.29 is 13.2 Å². The van der Waals surface area contributed by atoms with Gasteiger partial charge in [-0.15, -0.1) is 0 Å². The molecule has 1 saturated heterocycles. The zero-order valence-electron chi connectivity index (χ0n) is 10.6. The molecule has 0 unspecified atom stereocenters. The summed E-state index contributed by atoms with van der Waals surface area (Å²) < 4.78 is 28.7. The number of hydrogen-bond acceptors (Lipinski definition) is 4. The number of nitrogen functional groups attached to an aromatic ring is 1. The average Bonchev–Trinajstić information content (AvgIpc) is 2.28. The Morgan fingerprint density at radius 1 is 1.33 bits per heavy atom. The SMILES string of the molecule is CS(=O)(=O)CC1(c2cccc(N)c2)CCOCC1. The molecular weight excluding hydrogens is 250 g/mol. The Morgan fingerprint density at radius 3 is 2.56 bits per heavy atom. The minimum Gasteiger partial charge on any atom is -0.399 e. The molecule has 1 aliphatic heterocycles. The average molecular weight is 269 g/mol. The second-order valence-corrected chi connectivity index (χ2v) is 7.23. The van der Waals surface area contributed by atoms with Crippen molar-refractivity contribution in [2.45, 2.75) is 18.3 Å². The molecule has 0 aliphatic carbocycles. The van der Waals surface area contributed by atoms with Gasteiger partial charge in [-0.05, 0) is 30.5 Å². The fourth-order valence-corrected chi connectivity index (χ4v) is 4.11. The lowest BCUT2D eigenvalue weighted by atomic mass is 9.76. The van der Waals surface area contributed by atoms with E-state index in [0.717, 1.165) is 18.4 Å². The summed E-state index contributed by atoms with van der Waals surface area (Å²) in [6.45, 7) is 1.20. The summed E-state index contributed by atoms with van der Waals surface area (Å²) in [7, 11) is -3.04. The van der Waals surface area contributed by atoms with Gasteiger partial charge in [-0.3, -0.25) is 0 Å². The van der Waals surface area contributed by atoms with Crippen molar-refractivity contribution in [1.29, 1.82) is 0 Å². The third kappa shape index (κ3) is 3.03. The van der Waals surface area contributed by atoms with E-state index in [1.165, 1.54) is 6.26 Å². The van der Waals surface area contributed by atoms with E-state index in [9.17, 15) is 8.42 Å². The predicted octanol–water partition coefficient (Wildman–Crippen LogP) is 1.36. The molecule has 0 atom stereocenters. The first-order valence-corrected chi connectivity index (χ1v) is 8.09. The maximum absolute atomic E-state index is 11.7. The summed E-state index contributed by atoms with van der Waals surface area (Å²) in [4.78, 5) is 0. The number of benzene rings is 1. The molecule has 5 heteroatoms. The smallest absolute Gasteiger partial charge is 0.148 e. The quantitative estimate of drug-likeness (QED) is 0.841. The van der Waals surface area contributed by atoms with Crippen LogP contribution in [0.25, 0.3) is 0 Å². The van der Waals surface area contributed by atoms with Gasteiger partial charge < -0.3 is 10.5 Å². The molecule has 0 radical (unpaired) electrons. The fourth-order valence-electron chi connectivity index (χ4n) is 2.65. The summed E-state index contributed by atoms with van der Waals surface area (Å²) in [6.07, 6.45) is 2.74. The highest BCUT2D eigenvalue weighted by molar-refractivity contribution is 7.90. The Hall–Kier alpha value is -1.07. The Morgan fingerprint density at radius 2 is 2.00 bits per heavy atom. The van der Waals surface area contributed by atoms with E-state index < -0.39 is 9.84 Å². The highest BCUT2D eigenvalue weighted by atomic mass is 32.2. The molecule has 2 rings (SSSR count). The largest absolute Gasteiger partial charge is 0.399 e. The standard InChI is InChI=1S/C13H19NO3S/c1-18(15,16)10-13(5-7-17-8-6-13)11-3-2-4-12(14)9-11/h2-4,9H,5-8,10,14H2,1H3. The van der Waals surface area contributed by atoms with Gasteiger partial charge in [0.05, 0.1) is 5.75 Å². The number of ether oxygens (including phenoxy) is 1. The number of nitrogens with two attached hydrogens (primary N) is 1. The third-order valence-corrected chi connectivity index (χ3v) is 4.56. The normalized spacial score (nSPS) is 19.6. The predicted molar refractivity (Wildman–Crippen MR) is 72.3 cm³/mol. The first kappa shape index (κ1) is 13.4. The summed E-state index contributed by atoms with van der Waals surface area (Å²) in [5.41, 5.74) is 7.14. The van der Waals surface area contributed by atoms with Crippen molar-refractivity contribution in [1.82, 2.24) is 0 Å². The van der Waals surface area contributed by atoms with Crippen LogP contribution in [0.1, 0.15) is 18.4 Å². The van der Waals surface area contributed by atoms with E-state index in [-0.39, 0.29) is 11.2 Å². The Labute approximate surface area is 108 Å². The lowest BCUT2D eigenvalue weighted by Crippen LogP contribution is -2.40. The van der Waals surface area contributed by atoms with Crippen molar-refractivity contribution in [2.24, 2.45) is 0 Å². The van der Waals surface area contributed by atoms with E-state index >= 15 is 0 Å². The second-order valence-electron chi connectivity index (χ2n) is 5.09. The molecule has 0 aromatic heterocycles. The van der Waals surface area contributed by atoms with Gasteiger partial charge in [0.1, 0.15) is 9.84 Å². The van der Waals surface area contributed by atoms with Crippen LogP contribution in [0.4, 0.5) is 5.69 Å². The summed E-state index contributed by atoms with van der Waals surface area (Å²) >= 11 is 0. The van der Waals surface area contributed by atoms with Crippen molar-refractivity contribution in [2.75, 3.05) is 31.0 Å². The van der Waals surface area contributed by atoms with Crippen LogP contribution < -0.4 is 5.73 Å². The lowest BCUT2D eigenvalue weighted by molar-refractivity contribution is 0.0575. The van der Waals surface area contributed by atoms with E-state index in [1.807, 2.05) is 24.3 Å². The van der Waals surface area contributed by atoms with Crippen LogP contribution in [0.3, 0.4) is 0 Å². The molecule has 1 aliphatic rings. The molecule has 1 fully saturated rings. The van der Waals surface area contributed by atoms with E-state index in [4.69, 9.17) is 10.5 Å². The molecule has 0 saturated carbocycles. The molecule has 1 heterocycles. The third-order valence-electron chi connectivity index (χ3n) is 3.49. The molecule has 0 amide bonds. The number of hydrogen-bond donors (Lipinski definition) is 1.